The number of para-hydroxylation sites is 1. The third-order valence-electron chi connectivity index (χ3n) is 4.60. The van der Waals surface area contributed by atoms with Gasteiger partial charge in [-0.15, -0.1) is 11.3 Å². The predicted octanol–water partition coefficient (Wildman–Crippen LogP) is 5.39. The van der Waals surface area contributed by atoms with Crippen molar-refractivity contribution in [2.24, 2.45) is 0 Å². The second-order valence-electron chi connectivity index (χ2n) is 6.62. The van der Waals surface area contributed by atoms with Crippen molar-refractivity contribution in [3.63, 3.8) is 0 Å². The number of hydrogen-bond donors (Lipinski definition) is 2. The van der Waals surface area contributed by atoms with Crippen molar-refractivity contribution < 1.29 is 13.6 Å². The van der Waals surface area contributed by atoms with Crippen molar-refractivity contribution in [3.8, 4) is 11.1 Å². The average molecular weight is 424 g/mol. The monoisotopic (exact) mass is 424 g/mol. The quantitative estimate of drug-likeness (QED) is 0.436. The Kier molecular flexibility index (Phi) is 5.67. The van der Waals surface area contributed by atoms with Crippen molar-refractivity contribution in [3.05, 3.63) is 71.4 Å². The van der Waals surface area contributed by atoms with Gasteiger partial charge < -0.3 is 10.6 Å². The number of hydrogen-bond acceptors (Lipinski definition) is 5. The van der Waals surface area contributed by atoms with Gasteiger partial charge >= 0.3 is 0 Å². The van der Waals surface area contributed by atoms with Crippen LogP contribution in [-0.2, 0) is 4.79 Å². The zero-order valence-electron chi connectivity index (χ0n) is 16.1. The predicted molar refractivity (Wildman–Crippen MR) is 116 cm³/mol. The van der Waals surface area contributed by atoms with E-state index in [1.54, 1.807) is 11.3 Å². The van der Waals surface area contributed by atoms with E-state index in [2.05, 4.69) is 20.6 Å². The molecular weight excluding hydrogens is 406 g/mol. The molecule has 4 aromatic rings. The number of benzene rings is 2. The first kappa shape index (κ1) is 19.9. The van der Waals surface area contributed by atoms with Crippen molar-refractivity contribution in [1.82, 2.24) is 9.97 Å². The Morgan fingerprint density at radius 2 is 1.77 bits per heavy atom. The molecular formula is C22H18F2N4OS. The summed E-state index contributed by atoms with van der Waals surface area (Å²) in [6, 6.07) is 13.4. The summed E-state index contributed by atoms with van der Waals surface area (Å²) in [5.74, 6) is -1.50. The van der Waals surface area contributed by atoms with Crippen LogP contribution in [0.15, 0.2) is 54.9 Å². The van der Waals surface area contributed by atoms with E-state index in [1.807, 2.05) is 37.3 Å². The lowest BCUT2D eigenvalue weighted by molar-refractivity contribution is -0.116. The molecule has 0 unspecified atom stereocenters. The SMILES string of the molecule is Cc1sc2ncnc(NCCC(=O)Nc3c(F)cccc3F)c2c1-c1ccccc1. The molecule has 0 atom stereocenters. The largest absolute Gasteiger partial charge is 0.369 e. The molecule has 152 valence electrons. The Hall–Kier alpha value is -3.39. The molecule has 0 radical (unpaired) electrons. The van der Waals surface area contributed by atoms with E-state index in [1.165, 1.54) is 12.4 Å². The number of rotatable bonds is 6. The number of fused-ring (bicyclic) bond motifs is 1. The normalized spacial score (nSPS) is 10.9. The van der Waals surface area contributed by atoms with Gasteiger partial charge in [-0.2, -0.15) is 0 Å². The molecule has 0 bridgehead atoms. The lowest BCUT2D eigenvalue weighted by atomic mass is 10.0. The first-order chi connectivity index (χ1) is 14.5. The van der Waals surface area contributed by atoms with Crippen molar-refractivity contribution in [1.29, 1.82) is 0 Å². The number of carbonyl (C=O) groups excluding carboxylic acids is 1. The fourth-order valence-electron chi connectivity index (χ4n) is 3.24. The molecule has 30 heavy (non-hydrogen) atoms. The van der Waals surface area contributed by atoms with E-state index in [-0.39, 0.29) is 13.0 Å². The number of aromatic nitrogens is 2. The first-order valence-corrected chi connectivity index (χ1v) is 10.1. The number of nitrogens with one attached hydrogen (secondary N) is 2. The number of thiophene rings is 1. The van der Waals surface area contributed by atoms with Gasteiger partial charge in [0.2, 0.25) is 5.91 Å². The molecule has 2 heterocycles. The number of aryl methyl sites for hydroxylation is 1. The second kappa shape index (κ2) is 8.54. The zero-order valence-corrected chi connectivity index (χ0v) is 16.9. The summed E-state index contributed by atoms with van der Waals surface area (Å²) < 4.78 is 27.4. The Balaban J connectivity index is 1.52. The van der Waals surface area contributed by atoms with Gasteiger partial charge in [-0.1, -0.05) is 36.4 Å². The minimum atomic E-state index is -0.810. The summed E-state index contributed by atoms with van der Waals surface area (Å²) in [6.07, 6.45) is 1.49. The van der Waals surface area contributed by atoms with Crippen LogP contribution in [0.5, 0.6) is 0 Å². The maximum absolute atomic E-state index is 13.7. The van der Waals surface area contributed by atoms with Crippen LogP contribution in [-0.4, -0.2) is 22.4 Å². The lowest BCUT2D eigenvalue weighted by Crippen LogP contribution is -2.18. The van der Waals surface area contributed by atoms with Crippen molar-refractivity contribution in [2.75, 3.05) is 17.2 Å². The van der Waals surface area contributed by atoms with Crippen LogP contribution >= 0.6 is 11.3 Å². The van der Waals surface area contributed by atoms with Gasteiger partial charge in [0.25, 0.3) is 0 Å². The average Bonchev–Trinajstić information content (AvgIpc) is 3.08. The molecule has 0 aliphatic heterocycles. The third kappa shape index (κ3) is 3.99. The van der Waals surface area contributed by atoms with E-state index in [9.17, 15) is 13.6 Å². The molecule has 5 nitrogen and oxygen atoms in total. The highest BCUT2D eigenvalue weighted by atomic mass is 32.1. The molecule has 1 amide bonds. The number of nitrogens with zero attached hydrogens (tertiary/aromatic N) is 2. The van der Waals surface area contributed by atoms with Gasteiger partial charge in [-0.25, -0.2) is 18.7 Å². The van der Waals surface area contributed by atoms with E-state index >= 15 is 0 Å². The van der Waals surface area contributed by atoms with Crippen LogP contribution in [0, 0.1) is 18.6 Å². The van der Waals surface area contributed by atoms with E-state index in [4.69, 9.17) is 0 Å². The number of anilines is 2. The molecule has 2 N–H and O–H groups in total. The molecule has 8 heteroatoms. The highest BCUT2D eigenvalue weighted by molar-refractivity contribution is 7.19. The van der Waals surface area contributed by atoms with Gasteiger partial charge in [0.05, 0.1) is 5.39 Å². The van der Waals surface area contributed by atoms with Crippen LogP contribution in [0.4, 0.5) is 20.3 Å². The van der Waals surface area contributed by atoms with E-state index in [0.29, 0.717) is 5.82 Å². The van der Waals surface area contributed by atoms with Crippen LogP contribution < -0.4 is 10.6 Å². The number of halogens is 2. The standard InChI is InChI=1S/C22H18F2N4OS/c1-13-18(14-6-3-2-4-7-14)19-21(26-12-27-22(19)30-13)25-11-10-17(29)28-20-15(23)8-5-9-16(20)24/h2-9,12H,10-11H2,1H3,(H,28,29)(H,25,26,27). The summed E-state index contributed by atoms with van der Waals surface area (Å²) in [6.45, 7) is 2.28. The van der Waals surface area contributed by atoms with Gasteiger partial charge in [0.1, 0.15) is 34.3 Å². The smallest absolute Gasteiger partial charge is 0.226 e. The maximum Gasteiger partial charge on any atom is 0.226 e. The first-order valence-electron chi connectivity index (χ1n) is 9.32. The number of amides is 1. The van der Waals surface area contributed by atoms with Crippen LogP contribution in [0.2, 0.25) is 0 Å². The van der Waals surface area contributed by atoms with Crippen LogP contribution in [0.3, 0.4) is 0 Å². The molecule has 0 aliphatic carbocycles. The Bertz CT molecular complexity index is 1190. The minimum Gasteiger partial charge on any atom is -0.369 e. The Labute approximate surface area is 175 Å². The van der Waals surface area contributed by atoms with E-state index < -0.39 is 23.2 Å². The zero-order chi connectivity index (χ0) is 21.1. The molecule has 0 saturated carbocycles. The van der Waals surface area contributed by atoms with Gasteiger partial charge in [0.15, 0.2) is 0 Å². The summed E-state index contributed by atoms with van der Waals surface area (Å²) in [5.41, 5.74) is 1.68. The summed E-state index contributed by atoms with van der Waals surface area (Å²) in [5, 5.41) is 6.34. The maximum atomic E-state index is 13.7. The molecule has 0 saturated heterocycles. The number of carbonyl (C=O) groups is 1. The van der Waals surface area contributed by atoms with E-state index in [0.717, 1.165) is 38.4 Å². The molecule has 2 aromatic carbocycles. The molecule has 2 aromatic heterocycles. The molecule has 0 fully saturated rings. The second-order valence-corrected chi connectivity index (χ2v) is 7.83. The van der Waals surface area contributed by atoms with Gasteiger partial charge in [-0.3, -0.25) is 4.79 Å². The molecule has 0 aliphatic rings. The fourth-order valence-corrected chi connectivity index (χ4v) is 4.26. The van der Waals surface area contributed by atoms with Crippen molar-refractivity contribution in [2.45, 2.75) is 13.3 Å². The lowest BCUT2D eigenvalue weighted by Gasteiger charge is -2.10. The highest BCUT2D eigenvalue weighted by Crippen LogP contribution is 2.40. The van der Waals surface area contributed by atoms with Crippen molar-refractivity contribution >= 4 is 39.0 Å². The summed E-state index contributed by atoms with van der Waals surface area (Å²) in [4.78, 5) is 22.8. The topological polar surface area (TPSA) is 66.9 Å². The van der Waals surface area contributed by atoms with Gasteiger partial charge in [0, 0.05) is 23.4 Å². The molecule has 4 rings (SSSR count). The summed E-state index contributed by atoms with van der Waals surface area (Å²) >= 11 is 1.58. The Morgan fingerprint density at radius 1 is 1.03 bits per heavy atom. The van der Waals surface area contributed by atoms with Crippen LogP contribution in [0.1, 0.15) is 11.3 Å². The Morgan fingerprint density at radius 3 is 2.50 bits per heavy atom. The third-order valence-corrected chi connectivity index (χ3v) is 5.61. The fraction of sp³-hybridized carbons (Fsp3) is 0.136. The molecule has 0 spiro atoms. The van der Waals surface area contributed by atoms with Gasteiger partial charge in [-0.05, 0) is 24.6 Å². The highest BCUT2D eigenvalue weighted by Gasteiger charge is 2.17. The van der Waals surface area contributed by atoms with Crippen LogP contribution in [0.25, 0.3) is 21.3 Å². The summed E-state index contributed by atoms with van der Waals surface area (Å²) in [7, 11) is 0. The minimum absolute atomic E-state index is 0.0169.